The highest BCUT2D eigenvalue weighted by Gasteiger charge is 2.20. The number of amides is 1. The molecule has 0 saturated heterocycles. The van der Waals surface area contributed by atoms with Crippen LogP contribution in [0, 0.1) is 0 Å². The number of hydrogen-bond acceptors (Lipinski definition) is 5. The van der Waals surface area contributed by atoms with Crippen LogP contribution in [0.3, 0.4) is 0 Å². The number of ether oxygens (including phenoxy) is 1. The zero-order chi connectivity index (χ0) is 19.9. The van der Waals surface area contributed by atoms with E-state index in [-0.39, 0.29) is 24.4 Å². The van der Waals surface area contributed by atoms with Crippen LogP contribution in [-0.4, -0.2) is 33.1 Å². The molecule has 0 bridgehead atoms. The summed E-state index contributed by atoms with van der Waals surface area (Å²) < 4.78 is 7.07. The lowest BCUT2D eigenvalue weighted by molar-refractivity contribution is 0.0846. The fourth-order valence-corrected chi connectivity index (χ4v) is 4.20. The summed E-state index contributed by atoms with van der Waals surface area (Å²) in [6, 6.07) is 11.5. The second-order valence-electron chi connectivity index (χ2n) is 6.43. The van der Waals surface area contributed by atoms with Gasteiger partial charge in [-0.15, -0.1) is 23.7 Å². The van der Waals surface area contributed by atoms with Gasteiger partial charge in [0.15, 0.2) is 0 Å². The molecule has 3 rings (SSSR count). The van der Waals surface area contributed by atoms with Gasteiger partial charge >= 0.3 is 0 Å². The molecule has 0 saturated carbocycles. The maximum absolute atomic E-state index is 12.2. The quantitative estimate of drug-likeness (QED) is 0.408. The average molecular weight is 501 g/mol. The molecule has 0 spiro atoms. The van der Waals surface area contributed by atoms with Crippen LogP contribution in [0.1, 0.15) is 34.3 Å². The molecule has 1 aromatic carbocycles. The van der Waals surface area contributed by atoms with Crippen LogP contribution in [-0.2, 0) is 13.0 Å². The topological polar surface area (TPSA) is 87.2 Å². The molecule has 1 amide bonds. The first-order valence-corrected chi connectivity index (χ1v) is 10.6. The van der Waals surface area contributed by atoms with E-state index in [1.54, 1.807) is 18.3 Å². The fraction of sp³-hybridized carbons (Fsp3) is 0.300. The van der Waals surface area contributed by atoms with Crippen molar-refractivity contribution in [2.45, 2.75) is 38.5 Å². The molecule has 3 aromatic rings. The van der Waals surface area contributed by atoms with Crippen LogP contribution < -0.4 is 10.1 Å². The molecule has 0 aliphatic heterocycles. The third-order valence-electron chi connectivity index (χ3n) is 4.34. The predicted molar refractivity (Wildman–Crippen MR) is 120 cm³/mol. The minimum atomic E-state index is -0.677. The number of H-pyrrole nitrogens is 1. The molecule has 6 nitrogen and oxygen atoms in total. The van der Waals surface area contributed by atoms with Crippen molar-refractivity contribution in [1.82, 2.24) is 15.3 Å². The molecule has 2 atom stereocenters. The minimum Gasteiger partial charge on any atom is -0.488 e. The predicted octanol–water partition coefficient (Wildman–Crippen LogP) is 4.35. The van der Waals surface area contributed by atoms with Crippen molar-refractivity contribution >= 4 is 45.6 Å². The summed E-state index contributed by atoms with van der Waals surface area (Å²) in [5, 5.41) is 12.9. The lowest BCUT2D eigenvalue weighted by Gasteiger charge is -2.21. The lowest BCUT2D eigenvalue weighted by atomic mass is 10.0. The van der Waals surface area contributed by atoms with E-state index in [1.807, 2.05) is 36.4 Å². The molecule has 0 aliphatic carbocycles. The number of carbonyl (C=O) groups excluding carboxylic acids is 1. The number of aromatic amines is 1. The number of nitrogens with zero attached hydrogens (tertiary/aromatic N) is 1. The van der Waals surface area contributed by atoms with Crippen LogP contribution in [0.2, 0.25) is 0 Å². The Hall–Kier alpha value is -1.87. The maximum atomic E-state index is 12.2. The fourth-order valence-electron chi connectivity index (χ4n) is 2.80. The number of hydrogen-bond donors (Lipinski definition) is 3. The summed E-state index contributed by atoms with van der Waals surface area (Å²) in [5.41, 5.74) is 1.41. The van der Waals surface area contributed by atoms with Gasteiger partial charge in [-0.3, -0.25) is 4.79 Å². The van der Waals surface area contributed by atoms with E-state index in [9.17, 15) is 9.90 Å². The Labute approximate surface area is 188 Å². The molecular formula is C20H23BrClN3O3S. The Morgan fingerprint density at radius 2 is 2.14 bits per heavy atom. The number of aliphatic hydroxyl groups is 1. The second kappa shape index (κ2) is 11.3. The second-order valence-corrected chi connectivity index (χ2v) is 8.97. The largest absolute Gasteiger partial charge is 0.488 e. The Morgan fingerprint density at radius 3 is 2.79 bits per heavy atom. The molecule has 0 unspecified atom stereocenters. The van der Waals surface area contributed by atoms with Crippen molar-refractivity contribution in [3.05, 3.63) is 68.8 Å². The van der Waals surface area contributed by atoms with Crippen LogP contribution in [0.15, 0.2) is 52.7 Å². The first-order valence-electron chi connectivity index (χ1n) is 8.95. The standard InChI is InChI=1S/C20H22BrN3O3S.ClH/c1-13(25)16(24-20(26)17-10-22-12-23-17)8-6-14-4-2-3-5-18(14)27-11-15-7-9-19(21)28-15;/h2-5,7,9-10,12-13,16,25H,6,8,11H2,1H3,(H,22,23)(H,24,26);1H/t13-,16+;/m0./s1. The summed E-state index contributed by atoms with van der Waals surface area (Å²) in [6.07, 6.45) is 3.49. The first kappa shape index (κ1) is 23.4. The van der Waals surface area contributed by atoms with E-state index in [2.05, 4.69) is 31.2 Å². The van der Waals surface area contributed by atoms with Gasteiger partial charge in [0.05, 0.1) is 28.5 Å². The zero-order valence-corrected chi connectivity index (χ0v) is 19.0. The van der Waals surface area contributed by atoms with Gasteiger partial charge in [0.25, 0.3) is 5.91 Å². The number of imidazole rings is 1. The van der Waals surface area contributed by atoms with Crippen LogP contribution in [0.5, 0.6) is 5.75 Å². The van der Waals surface area contributed by atoms with Crippen molar-refractivity contribution in [1.29, 1.82) is 0 Å². The van der Waals surface area contributed by atoms with Crippen molar-refractivity contribution in [2.24, 2.45) is 0 Å². The van der Waals surface area contributed by atoms with E-state index in [0.29, 0.717) is 25.1 Å². The third-order valence-corrected chi connectivity index (χ3v) is 5.93. The third kappa shape index (κ3) is 6.85. The number of thiophene rings is 1. The summed E-state index contributed by atoms with van der Waals surface area (Å²) in [6.45, 7) is 2.18. The number of halogens is 2. The van der Waals surface area contributed by atoms with Gasteiger partial charge in [-0.1, -0.05) is 18.2 Å². The normalized spacial score (nSPS) is 12.7. The minimum absolute atomic E-state index is 0. The molecule has 2 aromatic heterocycles. The molecule has 0 fully saturated rings. The SMILES string of the molecule is C[C@H](O)[C@@H](CCc1ccccc1OCc1ccc(Br)s1)NC(=O)c1cnc[nH]1.Cl. The Morgan fingerprint density at radius 1 is 1.34 bits per heavy atom. The monoisotopic (exact) mass is 499 g/mol. The van der Waals surface area contributed by atoms with Gasteiger partial charge < -0.3 is 20.1 Å². The number of nitrogens with one attached hydrogen (secondary N) is 2. The summed E-state index contributed by atoms with van der Waals surface area (Å²) in [5.74, 6) is 0.535. The molecule has 29 heavy (non-hydrogen) atoms. The van der Waals surface area contributed by atoms with Crippen molar-refractivity contribution in [2.75, 3.05) is 0 Å². The summed E-state index contributed by atoms with van der Waals surface area (Å²) in [7, 11) is 0. The van der Waals surface area contributed by atoms with E-state index >= 15 is 0 Å². The van der Waals surface area contributed by atoms with Gasteiger partial charge in [0, 0.05) is 4.88 Å². The van der Waals surface area contributed by atoms with E-state index in [1.165, 1.54) is 12.5 Å². The summed E-state index contributed by atoms with van der Waals surface area (Å²) in [4.78, 5) is 20.0. The van der Waals surface area contributed by atoms with Crippen molar-refractivity contribution in [3.8, 4) is 5.75 Å². The highest BCUT2D eigenvalue weighted by Crippen LogP contribution is 2.26. The van der Waals surface area contributed by atoms with Crippen LogP contribution >= 0.6 is 39.7 Å². The molecule has 9 heteroatoms. The number of aliphatic hydroxyl groups excluding tert-OH is 1. The zero-order valence-electron chi connectivity index (χ0n) is 15.8. The highest BCUT2D eigenvalue weighted by molar-refractivity contribution is 9.11. The Balaban J connectivity index is 0.00000300. The molecule has 2 heterocycles. The molecule has 0 aliphatic rings. The van der Waals surface area contributed by atoms with Gasteiger partial charge in [-0.25, -0.2) is 4.98 Å². The first-order chi connectivity index (χ1) is 13.5. The van der Waals surface area contributed by atoms with E-state index in [0.717, 1.165) is 20.0 Å². The smallest absolute Gasteiger partial charge is 0.269 e. The number of aryl methyl sites for hydroxylation is 1. The number of benzene rings is 1. The lowest BCUT2D eigenvalue weighted by Crippen LogP contribution is -2.42. The van der Waals surface area contributed by atoms with Crippen LogP contribution in [0.4, 0.5) is 0 Å². The molecule has 156 valence electrons. The average Bonchev–Trinajstić information content (AvgIpc) is 3.35. The number of rotatable bonds is 9. The van der Waals surface area contributed by atoms with E-state index < -0.39 is 6.10 Å². The van der Waals surface area contributed by atoms with Crippen LogP contribution in [0.25, 0.3) is 0 Å². The number of aromatic nitrogens is 2. The van der Waals surface area contributed by atoms with Gasteiger partial charge in [-0.2, -0.15) is 0 Å². The molecule has 0 radical (unpaired) electrons. The molecular weight excluding hydrogens is 478 g/mol. The Kier molecular flexibility index (Phi) is 9.16. The number of carbonyl (C=O) groups is 1. The van der Waals surface area contributed by atoms with E-state index in [4.69, 9.17) is 4.74 Å². The molecule has 3 N–H and O–H groups in total. The summed E-state index contributed by atoms with van der Waals surface area (Å²) >= 11 is 5.10. The number of para-hydroxylation sites is 1. The van der Waals surface area contributed by atoms with Crippen molar-refractivity contribution in [3.63, 3.8) is 0 Å². The van der Waals surface area contributed by atoms with Gasteiger partial charge in [0.1, 0.15) is 18.1 Å². The highest BCUT2D eigenvalue weighted by atomic mass is 79.9. The maximum Gasteiger partial charge on any atom is 0.269 e. The Bertz CT molecular complexity index is 902. The van der Waals surface area contributed by atoms with Crippen molar-refractivity contribution < 1.29 is 14.6 Å². The van der Waals surface area contributed by atoms with Gasteiger partial charge in [-0.05, 0) is 59.5 Å². The van der Waals surface area contributed by atoms with Gasteiger partial charge in [0.2, 0.25) is 0 Å².